The molecule has 124 valence electrons. The molecule has 0 spiro atoms. The number of hydrogen-bond donors (Lipinski definition) is 1. The summed E-state index contributed by atoms with van der Waals surface area (Å²) in [4.78, 5) is 10.7. The van der Waals surface area contributed by atoms with E-state index in [1.165, 1.54) is 12.8 Å². The van der Waals surface area contributed by atoms with Crippen molar-refractivity contribution in [3.05, 3.63) is 60.4 Å². The Kier molecular flexibility index (Phi) is 8.98. The number of carbonyl (C=O) groups is 1. The van der Waals surface area contributed by atoms with Crippen molar-refractivity contribution in [2.45, 2.75) is 32.2 Å². The number of aromatic nitrogens is 1. The molecule has 0 bridgehead atoms. The van der Waals surface area contributed by atoms with Gasteiger partial charge in [0.25, 0.3) is 0 Å². The van der Waals surface area contributed by atoms with Crippen molar-refractivity contribution < 1.29 is 36.2 Å². The summed E-state index contributed by atoms with van der Waals surface area (Å²) in [5.74, 6) is -0.187. The number of aryl methyl sites for hydroxylation is 1. The number of carboxylic acids is 1. The fourth-order valence-corrected chi connectivity index (χ4v) is 2.22. The van der Waals surface area contributed by atoms with E-state index < -0.39 is 5.97 Å². The minimum Gasteiger partial charge on any atom is -1.00 e. The smallest absolute Gasteiger partial charge is 0.335 e. The van der Waals surface area contributed by atoms with Gasteiger partial charge in [0, 0.05) is 18.6 Å². The highest BCUT2D eigenvalue weighted by molar-refractivity contribution is 5.87. The molecule has 23 heavy (non-hydrogen) atoms. The third-order valence-corrected chi connectivity index (χ3v) is 3.46. The lowest BCUT2D eigenvalue weighted by molar-refractivity contribution is -0.697. The number of ether oxygens (including phenoxy) is 1. The minimum absolute atomic E-state index is 0. The van der Waals surface area contributed by atoms with Gasteiger partial charge in [-0.1, -0.05) is 6.07 Å². The lowest BCUT2D eigenvalue weighted by Gasteiger charge is -2.06. The van der Waals surface area contributed by atoms with Crippen LogP contribution >= 0.6 is 0 Å². The van der Waals surface area contributed by atoms with Gasteiger partial charge in [0.05, 0.1) is 12.2 Å². The number of benzene rings is 1. The molecule has 4 nitrogen and oxygen atoms in total. The first-order valence-corrected chi connectivity index (χ1v) is 7.66. The second-order valence-corrected chi connectivity index (χ2v) is 5.21. The fraction of sp³-hybridized carbons (Fsp3) is 0.333. The third-order valence-electron chi connectivity index (χ3n) is 3.46. The summed E-state index contributed by atoms with van der Waals surface area (Å²) in [6, 6.07) is 12.7. The Labute approximate surface area is 147 Å². The van der Waals surface area contributed by atoms with Gasteiger partial charge in [-0.05, 0) is 43.5 Å². The van der Waals surface area contributed by atoms with Gasteiger partial charge >= 0.3 is 5.97 Å². The Morgan fingerprint density at radius 3 is 2.26 bits per heavy atom. The van der Waals surface area contributed by atoms with Crippen molar-refractivity contribution in [1.29, 1.82) is 0 Å². The molecule has 0 saturated heterocycles. The molecule has 5 heteroatoms. The lowest BCUT2D eigenvalue weighted by Crippen LogP contribution is -3.00. The molecule has 1 heterocycles. The maximum atomic E-state index is 10.7. The van der Waals surface area contributed by atoms with Crippen molar-refractivity contribution in [3.8, 4) is 5.75 Å². The first-order chi connectivity index (χ1) is 10.8. The SMILES string of the molecule is O=C(O)c1ccc(OCCCCCC[n+]2ccccc2)cc1.[Br-]. The largest absolute Gasteiger partial charge is 1.00 e. The second kappa shape index (κ2) is 10.8. The second-order valence-electron chi connectivity index (χ2n) is 5.21. The van der Waals surface area contributed by atoms with Gasteiger partial charge in [0.1, 0.15) is 12.3 Å². The molecule has 0 amide bonds. The number of pyridine rings is 1. The number of carboxylic acid groups (broad SMARTS) is 1. The molecule has 2 rings (SSSR count). The van der Waals surface area contributed by atoms with Crippen LogP contribution in [0, 0.1) is 0 Å². The van der Waals surface area contributed by atoms with Crippen molar-refractivity contribution in [2.24, 2.45) is 0 Å². The minimum atomic E-state index is -0.914. The van der Waals surface area contributed by atoms with E-state index in [1.54, 1.807) is 24.3 Å². The highest BCUT2D eigenvalue weighted by Gasteiger charge is 2.02. The number of halogens is 1. The molecule has 1 aromatic carbocycles. The van der Waals surface area contributed by atoms with Crippen molar-refractivity contribution >= 4 is 5.97 Å². The van der Waals surface area contributed by atoms with E-state index >= 15 is 0 Å². The van der Waals surface area contributed by atoms with E-state index in [9.17, 15) is 4.79 Å². The van der Waals surface area contributed by atoms with E-state index in [0.29, 0.717) is 6.61 Å². The average molecular weight is 380 g/mol. The molecule has 2 aromatic rings. The summed E-state index contributed by atoms with van der Waals surface area (Å²) in [6.45, 7) is 1.73. The van der Waals surface area contributed by atoms with Gasteiger partial charge in [0.15, 0.2) is 12.4 Å². The zero-order valence-corrected chi connectivity index (χ0v) is 14.6. The Morgan fingerprint density at radius 2 is 1.61 bits per heavy atom. The van der Waals surface area contributed by atoms with Gasteiger partial charge in [-0.25, -0.2) is 9.36 Å². The summed E-state index contributed by atoms with van der Waals surface area (Å²) in [7, 11) is 0. The Balaban J connectivity index is 0.00000264. The van der Waals surface area contributed by atoms with Crippen LogP contribution in [-0.2, 0) is 6.54 Å². The number of nitrogens with zero attached hydrogens (tertiary/aromatic N) is 1. The zero-order chi connectivity index (χ0) is 15.6. The van der Waals surface area contributed by atoms with E-state index in [0.717, 1.165) is 25.1 Å². The molecular weight excluding hydrogens is 358 g/mol. The molecule has 0 radical (unpaired) electrons. The van der Waals surface area contributed by atoms with Crippen LogP contribution in [0.1, 0.15) is 36.0 Å². The fourth-order valence-electron chi connectivity index (χ4n) is 2.22. The van der Waals surface area contributed by atoms with E-state index in [-0.39, 0.29) is 22.5 Å². The summed E-state index contributed by atoms with van der Waals surface area (Å²) in [5.41, 5.74) is 0.283. The molecule has 0 fully saturated rings. The molecule has 0 aliphatic rings. The maximum Gasteiger partial charge on any atom is 0.335 e. The zero-order valence-electron chi connectivity index (χ0n) is 13.0. The third kappa shape index (κ3) is 7.28. The van der Waals surface area contributed by atoms with Gasteiger partial charge in [-0.3, -0.25) is 0 Å². The summed E-state index contributed by atoms with van der Waals surface area (Å²) >= 11 is 0. The highest BCUT2D eigenvalue weighted by Crippen LogP contribution is 2.13. The highest BCUT2D eigenvalue weighted by atomic mass is 79.9. The molecule has 0 saturated carbocycles. The molecule has 0 atom stereocenters. The predicted octanol–water partition coefficient (Wildman–Crippen LogP) is 0.316. The normalized spacial score (nSPS) is 9.91. The van der Waals surface area contributed by atoms with Gasteiger partial charge < -0.3 is 26.8 Å². The Hall–Kier alpha value is -1.88. The van der Waals surface area contributed by atoms with Crippen molar-refractivity contribution in [2.75, 3.05) is 6.61 Å². The number of hydrogen-bond acceptors (Lipinski definition) is 2. The quantitative estimate of drug-likeness (QED) is 0.504. The number of rotatable bonds is 9. The van der Waals surface area contributed by atoms with E-state index in [4.69, 9.17) is 9.84 Å². The van der Waals surface area contributed by atoms with Crippen LogP contribution in [-0.4, -0.2) is 17.7 Å². The van der Waals surface area contributed by atoms with Crippen molar-refractivity contribution in [3.63, 3.8) is 0 Å². The standard InChI is InChI=1S/C18H21NO3.BrH/c20-18(21)16-8-10-17(11-9-16)22-15-7-2-1-4-12-19-13-5-3-6-14-19;/h3,5-6,8-11,13-14H,1-2,4,7,12,15H2;1H. The number of aromatic carboxylic acids is 1. The Bertz CT molecular complexity index is 573. The first-order valence-electron chi connectivity index (χ1n) is 7.66. The Morgan fingerprint density at radius 1 is 0.957 bits per heavy atom. The number of unbranched alkanes of at least 4 members (excludes halogenated alkanes) is 3. The van der Waals surface area contributed by atoms with Gasteiger partial charge in [0.2, 0.25) is 0 Å². The van der Waals surface area contributed by atoms with E-state index in [2.05, 4.69) is 17.0 Å². The van der Waals surface area contributed by atoms with Crippen LogP contribution in [0.25, 0.3) is 0 Å². The molecule has 0 unspecified atom stereocenters. The summed E-state index contributed by atoms with van der Waals surface area (Å²) in [5, 5.41) is 8.81. The summed E-state index contributed by atoms with van der Waals surface area (Å²) in [6.07, 6.45) is 8.68. The molecule has 0 aliphatic heterocycles. The monoisotopic (exact) mass is 379 g/mol. The van der Waals surface area contributed by atoms with Crippen LogP contribution in [0.15, 0.2) is 54.9 Å². The topological polar surface area (TPSA) is 50.4 Å². The average Bonchev–Trinajstić information content (AvgIpc) is 2.55. The van der Waals surface area contributed by atoms with Crippen molar-refractivity contribution in [1.82, 2.24) is 0 Å². The molecule has 1 N–H and O–H groups in total. The van der Waals surface area contributed by atoms with E-state index in [1.807, 2.05) is 18.2 Å². The molecule has 1 aromatic heterocycles. The molecular formula is C18H22BrNO3. The van der Waals surface area contributed by atoms with Crippen LogP contribution in [0.2, 0.25) is 0 Å². The van der Waals surface area contributed by atoms with Gasteiger partial charge in [-0.15, -0.1) is 0 Å². The lowest BCUT2D eigenvalue weighted by atomic mass is 10.2. The van der Waals surface area contributed by atoms with Crippen LogP contribution in [0.4, 0.5) is 0 Å². The van der Waals surface area contributed by atoms with Gasteiger partial charge in [-0.2, -0.15) is 0 Å². The first kappa shape index (κ1) is 19.2. The van der Waals surface area contributed by atoms with Crippen LogP contribution in [0.5, 0.6) is 5.75 Å². The summed E-state index contributed by atoms with van der Waals surface area (Å²) < 4.78 is 7.80. The maximum absolute atomic E-state index is 10.7. The van der Waals surface area contributed by atoms with Crippen LogP contribution in [0.3, 0.4) is 0 Å². The van der Waals surface area contributed by atoms with Crippen LogP contribution < -0.4 is 26.3 Å². The molecule has 0 aliphatic carbocycles. The predicted molar refractivity (Wildman–Crippen MR) is 84.0 cm³/mol.